The number of hydrogen-bond acceptors (Lipinski definition) is 1. The van der Waals surface area contributed by atoms with Crippen LogP contribution in [0.15, 0.2) is 59.0 Å². The smallest absolute Gasteiger partial charge is 0.141 e. The molecule has 1 nitrogen and oxygen atoms in total. The van der Waals surface area contributed by atoms with E-state index in [9.17, 15) is 0 Å². The van der Waals surface area contributed by atoms with Gasteiger partial charge in [0, 0.05) is 16.3 Å². The lowest BCUT2D eigenvalue weighted by atomic mass is 9.56. The topological polar surface area (TPSA) is 13.1 Å². The molecule has 0 amide bonds. The number of hydrogen-bond donors (Lipinski definition) is 0. The van der Waals surface area contributed by atoms with Crippen molar-refractivity contribution in [2.45, 2.75) is 0 Å². The van der Waals surface area contributed by atoms with Crippen molar-refractivity contribution >= 4 is 355 Å². The summed E-state index contributed by atoms with van der Waals surface area (Å²) < 4.78 is 6.58. The highest BCUT2D eigenvalue weighted by Crippen LogP contribution is 2.44. The van der Waals surface area contributed by atoms with Gasteiger partial charge in [0.25, 0.3) is 0 Å². The molecule has 0 spiro atoms. The standard InChI is InChI=1S/C50H9B21O/c51-28-22-23(38(61)48(71)47(70)37(22)60)41(64)50-26(28)27-40(63)42(65)39(62)25(49(27)72-50)24-35(58)33(56)21(34(57)36(24)59)16-19-17(29(52)43(66)45(68)31(19)54)15(18-20(16)32(55)46(69)44(67)30(18)53)14-9-10-5-1-2-6-11(10)12-7-3-4-8-13(12)14/h1-9H. The lowest BCUT2D eigenvalue weighted by Crippen LogP contribution is -2.51. The van der Waals surface area contributed by atoms with Crippen molar-refractivity contribution in [2.75, 3.05) is 0 Å². The van der Waals surface area contributed by atoms with E-state index in [4.69, 9.17) is 169 Å². The summed E-state index contributed by atoms with van der Waals surface area (Å²) in [4.78, 5) is 0. The molecule has 0 aliphatic rings. The molecule has 1 aromatic heterocycles. The maximum atomic E-state index is 7.28. The fourth-order valence-electron chi connectivity index (χ4n) is 10.8. The van der Waals surface area contributed by atoms with Crippen LogP contribution in [0, 0.1) is 0 Å². The van der Waals surface area contributed by atoms with Crippen molar-refractivity contribution in [3.8, 4) is 33.4 Å². The van der Waals surface area contributed by atoms with Crippen molar-refractivity contribution in [3.63, 3.8) is 0 Å². The highest BCUT2D eigenvalue weighted by Gasteiger charge is 2.30. The van der Waals surface area contributed by atoms with E-state index >= 15 is 0 Å². The summed E-state index contributed by atoms with van der Waals surface area (Å²) in [5.74, 6) is 0. The summed E-state index contributed by atoms with van der Waals surface area (Å²) in [6, 6.07) is 17.7. The van der Waals surface area contributed by atoms with Crippen LogP contribution in [0.5, 0.6) is 0 Å². The number of furan rings is 1. The van der Waals surface area contributed by atoms with Crippen LogP contribution in [0.1, 0.15) is 0 Å². The maximum Gasteiger partial charge on any atom is 0.141 e. The van der Waals surface area contributed by atoms with E-state index in [1.54, 1.807) is 0 Å². The fraction of sp³-hybridized carbons (Fsp3) is 0. The second-order valence-electron chi connectivity index (χ2n) is 18.0. The summed E-state index contributed by atoms with van der Waals surface area (Å²) in [6.45, 7) is 0. The average molecular weight is 853 g/mol. The molecule has 42 radical (unpaired) electrons. The van der Waals surface area contributed by atoms with Gasteiger partial charge in [-0.3, -0.25) is 0 Å². The SMILES string of the molecule is [B]c1c([B])c(-c2c3c([B])c([B])c([B])c([B])c3c(-c3cc4ccccc4c4ccccc34)c3c([B])c([B])c([B])c([B])c23)c([B])c([B])c1-c1c([B])c([B])c([B])c2c1oc1c([B])c3c([B])c([B])c([B])c([B])c3c([B])c12. The first-order valence-corrected chi connectivity index (χ1v) is 22.0. The first-order chi connectivity index (χ1) is 34.1. The number of fused-ring (bicyclic) bond motifs is 9. The Morgan fingerprint density at radius 2 is 0.556 bits per heavy atom. The fourth-order valence-corrected chi connectivity index (χ4v) is 10.8. The molecule has 0 atom stereocenters. The van der Waals surface area contributed by atoms with Gasteiger partial charge in [0.2, 0.25) is 0 Å². The molecule has 0 N–H and O–H groups in total. The van der Waals surface area contributed by atoms with Gasteiger partial charge in [-0.25, -0.2) is 0 Å². The van der Waals surface area contributed by atoms with Gasteiger partial charge in [0.1, 0.15) is 176 Å². The van der Waals surface area contributed by atoms with E-state index < -0.39 is 0 Å². The van der Waals surface area contributed by atoms with Crippen LogP contribution < -0.4 is 115 Å². The van der Waals surface area contributed by atoms with Gasteiger partial charge in [-0.15, -0.1) is 38.2 Å². The van der Waals surface area contributed by atoms with Crippen LogP contribution in [-0.2, 0) is 0 Å². The highest BCUT2D eigenvalue weighted by atomic mass is 16.3. The van der Waals surface area contributed by atoms with Gasteiger partial charge in [0.05, 0.1) is 0 Å². The van der Waals surface area contributed by atoms with Crippen LogP contribution in [0.4, 0.5) is 0 Å². The van der Waals surface area contributed by atoms with Gasteiger partial charge in [-0.05, 0) is 93.2 Å². The summed E-state index contributed by atoms with van der Waals surface area (Å²) >= 11 is 0. The van der Waals surface area contributed by atoms with Crippen molar-refractivity contribution in [1.29, 1.82) is 0 Å². The van der Waals surface area contributed by atoms with E-state index in [1.807, 2.05) is 54.6 Å². The van der Waals surface area contributed by atoms with Crippen molar-refractivity contribution in [3.05, 3.63) is 54.6 Å². The van der Waals surface area contributed by atoms with Gasteiger partial charge in [-0.1, -0.05) is 120 Å². The molecule has 0 saturated heterocycles. The largest absolute Gasteiger partial charge is 0.456 e. The molecule has 0 bridgehead atoms. The Morgan fingerprint density at radius 1 is 0.222 bits per heavy atom. The van der Waals surface area contributed by atoms with Crippen LogP contribution in [0.2, 0.25) is 0 Å². The number of benzene rings is 10. The Bertz CT molecular complexity index is 4300. The molecule has 72 heavy (non-hydrogen) atoms. The molecule has 11 rings (SSSR count). The minimum absolute atomic E-state index is 0.00783. The summed E-state index contributed by atoms with van der Waals surface area (Å²) in [5, 5.41) is 5.31. The van der Waals surface area contributed by atoms with Crippen LogP contribution in [0.3, 0.4) is 0 Å². The molecule has 22 heteroatoms. The highest BCUT2D eigenvalue weighted by molar-refractivity contribution is 6.75. The molecule has 0 unspecified atom stereocenters. The summed E-state index contributed by atoms with van der Waals surface area (Å²) in [6.07, 6.45) is 0. The van der Waals surface area contributed by atoms with Gasteiger partial charge < -0.3 is 4.42 Å². The molecule has 0 aliphatic heterocycles. The Labute approximate surface area is 444 Å². The first-order valence-electron chi connectivity index (χ1n) is 22.0. The quantitative estimate of drug-likeness (QED) is 0.0980. The molecule has 11 aromatic rings. The van der Waals surface area contributed by atoms with E-state index in [0.717, 1.165) is 21.5 Å². The molecule has 278 valence electrons. The van der Waals surface area contributed by atoms with Gasteiger partial charge in [-0.2, -0.15) is 0 Å². The zero-order valence-corrected chi connectivity index (χ0v) is 38.2. The minimum Gasteiger partial charge on any atom is -0.456 e. The Balaban J connectivity index is 1.33. The Kier molecular flexibility index (Phi) is 11.4. The lowest BCUT2D eigenvalue weighted by molar-refractivity contribution is 0.673. The monoisotopic (exact) mass is 856 g/mol. The van der Waals surface area contributed by atoms with E-state index in [2.05, 4.69) is 0 Å². The molecule has 10 aromatic carbocycles. The summed E-state index contributed by atoms with van der Waals surface area (Å²) in [5.41, 5.74) is 0.224. The lowest BCUT2D eigenvalue weighted by Gasteiger charge is -2.32. The minimum atomic E-state index is -0.176. The van der Waals surface area contributed by atoms with Crippen molar-refractivity contribution in [1.82, 2.24) is 0 Å². The molecule has 0 aliphatic carbocycles. The van der Waals surface area contributed by atoms with Crippen LogP contribution >= 0.6 is 0 Å². The predicted molar refractivity (Wildman–Crippen MR) is 331 cm³/mol. The third kappa shape index (κ3) is 6.26. The molecule has 0 saturated carbocycles. The van der Waals surface area contributed by atoms with E-state index in [-0.39, 0.29) is 180 Å². The number of rotatable bonds is 3. The third-order valence-electron chi connectivity index (χ3n) is 14.5. The van der Waals surface area contributed by atoms with Crippen LogP contribution in [0.25, 0.3) is 109 Å². The van der Waals surface area contributed by atoms with E-state index in [1.165, 1.54) is 0 Å². The van der Waals surface area contributed by atoms with Crippen molar-refractivity contribution < 1.29 is 4.42 Å². The third-order valence-corrected chi connectivity index (χ3v) is 14.5. The van der Waals surface area contributed by atoms with Gasteiger partial charge in [0.15, 0.2) is 0 Å². The molecular formula is C50H9B21O. The van der Waals surface area contributed by atoms with Crippen LogP contribution in [-0.4, -0.2) is 165 Å². The summed E-state index contributed by atoms with van der Waals surface area (Å²) in [7, 11) is 144. The Morgan fingerprint density at radius 3 is 1.04 bits per heavy atom. The van der Waals surface area contributed by atoms with Gasteiger partial charge >= 0.3 is 0 Å². The van der Waals surface area contributed by atoms with Crippen molar-refractivity contribution in [2.24, 2.45) is 0 Å². The second-order valence-corrected chi connectivity index (χ2v) is 18.0. The zero-order valence-electron chi connectivity index (χ0n) is 38.2. The second kappa shape index (κ2) is 16.8. The average Bonchev–Trinajstić information content (AvgIpc) is 3.78. The molecule has 1 heterocycles. The first kappa shape index (κ1) is 48.9. The predicted octanol–water partition coefficient (Wildman–Crippen LogP) is -11.0. The van der Waals surface area contributed by atoms with E-state index in [0.29, 0.717) is 21.9 Å². The normalized spacial score (nSPS) is 11.9. The maximum absolute atomic E-state index is 7.28. The molecular weight excluding hydrogens is 844 g/mol. The zero-order chi connectivity index (χ0) is 51.7. The molecule has 0 fully saturated rings. The Hall–Kier alpha value is -5.34.